The number of aliphatic hydroxyl groups is 1. The van der Waals surface area contributed by atoms with Crippen LogP contribution in [0.15, 0.2) is 27.0 Å². The minimum Gasteiger partial charge on any atom is -0.477 e. The van der Waals surface area contributed by atoms with Gasteiger partial charge in [-0.15, -0.1) is 40.0 Å². The Hall–Kier alpha value is -3.20. The number of hydrogen-bond donors (Lipinski definition) is 5. The highest BCUT2D eigenvalue weighted by Crippen LogP contribution is 2.44. The molecule has 2 aromatic rings. The summed E-state index contributed by atoms with van der Waals surface area (Å²) < 4.78 is 0. The van der Waals surface area contributed by atoms with Crippen LogP contribution in [-0.4, -0.2) is 112 Å². The van der Waals surface area contributed by atoms with E-state index in [1.54, 1.807) is 6.26 Å². The number of carboxylic acids is 1. The van der Waals surface area contributed by atoms with Crippen molar-refractivity contribution in [2.24, 2.45) is 5.16 Å². The maximum absolute atomic E-state index is 13.2. The molecule has 0 saturated carbocycles. The third-order valence-electron chi connectivity index (χ3n) is 5.32. The number of tetrazole rings is 1. The Balaban J connectivity index is 1.54. The van der Waals surface area contributed by atoms with Crippen LogP contribution in [0.4, 0.5) is 5.13 Å². The van der Waals surface area contributed by atoms with Crippen LogP contribution in [0.2, 0.25) is 0 Å². The Labute approximate surface area is 236 Å². The van der Waals surface area contributed by atoms with Crippen LogP contribution < -0.4 is 10.6 Å². The van der Waals surface area contributed by atoms with Crippen molar-refractivity contribution in [2.45, 2.75) is 28.2 Å². The van der Waals surface area contributed by atoms with Crippen molar-refractivity contribution in [3.8, 4) is 0 Å². The van der Waals surface area contributed by atoms with Gasteiger partial charge in [-0.25, -0.2) is 14.9 Å². The van der Waals surface area contributed by atoms with Crippen LogP contribution >= 0.6 is 46.6 Å². The van der Waals surface area contributed by atoms with Crippen LogP contribution in [0.5, 0.6) is 0 Å². The van der Waals surface area contributed by atoms with E-state index in [0.29, 0.717) is 17.1 Å². The molecule has 3 atom stereocenters. The van der Waals surface area contributed by atoms with Gasteiger partial charge in [0.1, 0.15) is 22.8 Å². The highest BCUT2D eigenvalue weighted by molar-refractivity contribution is 8.01. The maximum atomic E-state index is 13.2. The predicted molar refractivity (Wildman–Crippen MR) is 143 cm³/mol. The number of aromatic nitrogens is 5. The first-order valence-corrected chi connectivity index (χ1v) is 15.2. The number of carboxylic acid groups (broad SMARTS) is 1. The van der Waals surface area contributed by atoms with E-state index in [-0.39, 0.29) is 47.0 Å². The van der Waals surface area contributed by atoms with Gasteiger partial charge in [0, 0.05) is 23.0 Å². The quantitative estimate of drug-likeness (QED) is 0.0345. The van der Waals surface area contributed by atoms with Gasteiger partial charge in [-0.2, -0.15) is 0 Å². The molecular weight excluding hydrogens is 595 g/mol. The molecular formula is C19H21N9O7S4. The zero-order valence-corrected chi connectivity index (χ0v) is 23.2. The Morgan fingerprint density at radius 3 is 2.95 bits per heavy atom. The first-order valence-electron chi connectivity index (χ1n) is 11.0. The van der Waals surface area contributed by atoms with Crippen LogP contribution in [0, 0.1) is 0 Å². The van der Waals surface area contributed by atoms with E-state index in [0.717, 1.165) is 28.0 Å². The minimum absolute atomic E-state index is 0.127. The summed E-state index contributed by atoms with van der Waals surface area (Å²) in [6, 6.07) is -1.03. The molecule has 1 saturated heterocycles. The normalized spacial score (nSPS) is 19.7. The Bertz CT molecular complexity index is 1290. The number of anilines is 1. The smallest absolute Gasteiger partial charge is 0.352 e. The molecule has 39 heavy (non-hydrogen) atoms. The number of H-pyrrole nitrogens is 1. The first kappa shape index (κ1) is 28.8. The van der Waals surface area contributed by atoms with Crippen molar-refractivity contribution < 1.29 is 34.2 Å². The van der Waals surface area contributed by atoms with Crippen LogP contribution in [0.25, 0.3) is 0 Å². The number of aliphatic hydroxyl groups excluding tert-OH is 1. The average molecular weight is 616 g/mol. The highest BCUT2D eigenvalue weighted by Gasteiger charge is 2.55. The summed E-state index contributed by atoms with van der Waals surface area (Å²) in [5, 5.41) is 42.7. The number of thiazole rings is 1. The van der Waals surface area contributed by atoms with Crippen molar-refractivity contribution in [1.82, 2.24) is 35.8 Å². The lowest BCUT2D eigenvalue weighted by atomic mass is 10.00. The van der Waals surface area contributed by atoms with E-state index in [2.05, 4.69) is 41.4 Å². The fourth-order valence-corrected chi connectivity index (χ4v) is 7.05. The number of aliphatic carboxylic acids is 1. The standard InChI is InChI=1S/C19H21N9O7S4/c1-36-7-35-25-11(9-5-38-18(21-9)20-6-30)14(31)22-12-15(32)28-13(17(33)34)8(4-37-16(12)28)10(2-3-29)39-19-23-26-27-24-19/h5-6,10,12,16,29H,2-4,7H2,1H3,(H,22,31)(H,33,34)(H,20,21,30)(H,23,24,26,27)/t10?,12?,16-/m0/s1. The molecule has 0 aromatic carbocycles. The predicted octanol–water partition coefficient (Wildman–Crippen LogP) is -0.452. The molecule has 1 fully saturated rings. The fourth-order valence-electron chi connectivity index (χ4n) is 3.70. The Kier molecular flexibility index (Phi) is 9.78. The number of carbonyl (C=O) groups excluding carboxylic acids is 3. The number of carbonyl (C=O) groups is 4. The molecule has 2 aliphatic rings. The Morgan fingerprint density at radius 2 is 2.28 bits per heavy atom. The Morgan fingerprint density at radius 1 is 1.46 bits per heavy atom. The minimum atomic E-state index is -1.31. The van der Waals surface area contributed by atoms with Gasteiger partial charge in [-0.05, 0) is 28.7 Å². The molecule has 0 spiro atoms. The van der Waals surface area contributed by atoms with Gasteiger partial charge in [-0.1, -0.05) is 16.9 Å². The third kappa shape index (κ3) is 6.35. The van der Waals surface area contributed by atoms with Crippen molar-refractivity contribution in [3.63, 3.8) is 0 Å². The molecule has 4 heterocycles. The van der Waals surface area contributed by atoms with Crippen molar-refractivity contribution in [2.75, 3.05) is 29.9 Å². The summed E-state index contributed by atoms with van der Waals surface area (Å²) in [7, 11) is 0. The van der Waals surface area contributed by atoms with Gasteiger partial charge in [0.15, 0.2) is 16.8 Å². The summed E-state index contributed by atoms with van der Waals surface area (Å²) in [4.78, 5) is 59.8. The molecule has 0 radical (unpaired) electrons. The zero-order valence-electron chi connectivity index (χ0n) is 20.0. The molecule has 20 heteroatoms. The number of β-lactam (4-membered cyclic amide) rings is 1. The van der Waals surface area contributed by atoms with E-state index < -0.39 is 34.4 Å². The summed E-state index contributed by atoms with van der Waals surface area (Å²) >= 11 is 4.82. The van der Waals surface area contributed by atoms with Crippen LogP contribution in [0.3, 0.4) is 0 Å². The number of amides is 3. The molecule has 2 unspecified atom stereocenters. The maximum Gasteiger partial charge on any atom is 0.352 e. The second kappa shape index (κ2) is 13.2. The number of fused-ring (bicyclic) bond motifs is 1. The lowest BCUT2D eigenvalue weighted by Crippen LogP contribution is -2.71. The van der Waals surface area contributed by atoms with Gasteiger partial charge < -0.3 is 25.7 Å². The van der Waals surface area contributed by atoms with Crippen molar-refractivity contribution in [1.29, 1.82) is 0 Å². The number of nitrogens with zero attached hydrogens (tertiary/aromatic N) is 6. The summed E-state index contributed by atoms with van der Waals surface area (Å²) in [5.41, 5.74) is 0.153. The van der Waals surface area contributed by atoms with Gasteiger partial charge in [0.25, 0.3) is 11.8 Å². The van der Waals surface area contributed by atoms with Crippen molar-refractivity contribution >= 4 is 81.7 Å². The summed E-state index contributed by atoms with van der Waals surface area (Å²) in [6.45, 7) is -0.224. The molecule has 3 amide bonds. The molecule has 2 aliphatic heterocycles. The second-order valence-corrected chi connectivity index (χ2v) is 11.6. The van der Waals surface area contributed by atoms with Crippen molar-refractivity contribution in [3.05, 3.63) is 22.3 Å². The highest BCUT2D eigenvalue weighted by atomic mass is 32.2. The second-order valence-electron chi connectivity index (χ2n) is 7.64. The van der Waals surface area contributed by atoms with Gasteiger partial charge in [0.2, 0.25) is 11.6 Å². The molecule has 4 rings (SSSR count). The number of aromatic amines is 1. The average Bonchev–Trinajstić information content (AvgIpc) is 3.61. The van der Waals surface area contributed by atoms with Crippen LogP contribution in [-0.2, 0) is 24.0 Å². The number of hydrogen-bond acceptors (Lipinski definition) is 15. The summed E-state index contributed by atoms with van der Waals surface area (Å²) in [5.74, 6) is -2.29. The molecule has 0 aliphatic carbocycles. The monoisotopic (exact) mass is 615 g/mol. The number of thioether (sulfide) groups is 3. The number of rotatable bonds is 14. The van der Waals surface area contributed by atoms with Crippen LogP contribution in [0.1, 0.15) is 12.1 Å². The van der Waals surface area contributed by atoms with E-state index in [1.807, 2.05) is 0 Å². The third-order valence-corrected chi connectivity index (χ3v) is 8.94. The lowest BCUT2D eigenvalue weighted by Gasteiger charge is -2.50. The first-order chi connectivity index (χ1) is 18.9. The van der Waals surface area contributed by atoms with E-state index in [9.17, 15) is 29.4 Å². The van der Waals surface area contributed by atoms with Gasteiger partial charge >= 0.3 is 5.97 Å². The topological polar surface area (TPSA) is 225 Å². The largest absolute Gasteiger partial charge is 0.477 e. The number of nitrogens with one attached hydrogen (secondary N) is 3. The van der Waals surface area contributed by atoms with E-state index in [1.165, 1.54) is 28.9 Å². The molecule has 0 bridgehead atoms. The molecule has 208 valence electrons. The zero-order chi connectivity index (χ0) is 27.9. The molecule has 2 aromatic heterocycles. The molecule has 5 N–H and O–H groups in total. The SMILES string of the molecule is CSCON=C(C(=O)NC1C(=O)N2C(C(=O)O)=C(C(CCO)Sc3nnn[nH]3)CS[C@@H]12)c1csc(NC=O)n1. The fraction of sp³-hybridized carbons (Fsp3) is 0.421. The van der Waals surface area contributed by atoms with E-state index >= 15 is 0 Å². The van der Waals surface area contributed by atoms with Gasteiger partial charge in [-0.3, -0.25) is 19.3 Å². The van der Waals surface area contributed by atoms with E-state index in [4.69, 9.17) is 4.84 Å². The lowest BCUT2D eigenvalue weighted by molar-refractivity contribution is -0.150. The van der Waals surface area contributed by atoms with Gasteiger partial charge in [0.05, 0.1) is 0 Å². The summed E-state index contributed by atoms with van der Waals surface area (Å²) in [6.07, 6.45) is 2.43. The number of oxime groups is 1. The molecule has 16 nitrogen and oxygen atoms in total.